The number of hydrogen-bond acceptors (Lipinski definition) is 4. The number of carbonyl (C=O) groups excluding carboxylic acids is 1. The zero-order valence-corrected chi connectivity index (χ0v) is 18.3. The Kier molecular flexibility index (Phi) is 5.99. The van der Waals surface area contributed by atoms with Crippen LogP contribution in [0.25, 0.3) is 28.2 Å². The van der Waals surface area contributed by atoms with E-state index in [0.29, 0.717) is 23.2 Å². The van der Waals surface area contributed by atoms with Gasteiger partial charge in [-0.2, -0.15) is 13.2 Å². The Balaban J connectivity index is 1.88. The summed E-state index contributed by atoms with van der Waals surface area (Å²) in [6, 6.07) is 8.15. The lowest BCUT2D eigenvalue weighted by Gasteiger charge is -2.15. The van der Waals surface area contributed by atoms with Crippen molar-refractivity contribution in [3.8, 4) is 28.2 Å². The van der Waals surface area contributed by atoms with Gasteiger partial charge in [0.2, 0.25) is 11.7 Å². The first-order valence-electron chi connectivity index (χ1n) is 10.4. The second-order valence-corrected chi connectivity index (χ2v) is 7.76. The maximum atomic E-state index is 13.7. The van der Waals surface area contributed by atoms with Gasteiger partial charge in [-0.15, -0.1) is 0 Å². The molecule has 0 saturated carbocycles. The van der Waals surface area contributed by atoms with Gasteiger partial charge in [0.15, 0.2) is 0 Å². The molecule has 0 aliphatic heterocycles. The molecule has 2 aromatic carbocycles. The van der Waals surface area contributed by atoms with E-state index in [0.717, 1.165) is 24.1 Å². The number of aromatic nitrogens is 3. The lowest BCUT2D eigenvalue weighted by Crippen LogP contribution is -2.15. The van der Waals surface area contributed by atoms with Crippen molar-refractivity contribution in [2.45, 2.75) is 32.9 Å². The van der Waals surface area contributed by atoms with Crippen molar-refractivity contribution >= 4 is 5.91 Å². The molecule has 34 heavy (non-hydrogen) atoms. The predicted molar refractivity (Wildman–Crippen MR) is 117 cm³/mol. The molecule has 176 valence electrons. The fourth-order valence-corrected chi connectivity index (χ4v) is 3.93. The van der Waals surface area contributed by atoms with E-state index in [2.05, 4.69) is 14.7 Å². The minimum Gasteiger partial charge on any atom is -0.366 e. The Morgan fingerprint density at radius 3 is 2.47 bits per heavy atom. The fraction of sp³-hybridized carbons (Fsp3) is 0.208. The van der Waals surface area contributed by atoms with Crippen LogP contribution in [0, 0.1) is 12.7 Å². The number of carbonyl (C=O) groups is 1. The lowest BCUT2D eigenvalue weighted by atomic mass is 9.96. The summed E-state index contributed by atoms with van der Waals surface area (Å²) in [5, 5.41) is 3.61. The summed E-state index contributed by atoms with van der Waals surface area (Å²) in [7, 11) is 0. The Morgan fingerprint density at radius 1 is 1.15 bits per heavy atom. The molecule has 10 heteroatoms. The van der Waals surface area contributed by atoms with Gasteiger partial charge in [0, 0.05) is 23.0 Å². The standard InChI is InChI=1S/C24H20F4N4O2/c1-3-4-16-13(2)17(23(29)33)9-10-19(16)32-11-18(30-12-32)20-21(14-5-7-15(25)8-6-14)31-34-22(20)24(26,27)28/h5-12H,3-4H2,1-2H3,(H2,29,33). The highest BCUT2D eigenvalue weighted by molar-refractivity contribution is 5.95. The molecule has 2 aromatic heterocycles. The van der Waals surface area contributed by atoms with Gasteiger partial charge in [-0.3, -0.25) is 4.79 Å². The molecular weight excluding hydrogens is 452 g/mol. The third-order valence-electron chi connectivity index (χ3n) is 5.52. The molecule has 0 aliphatic carbocycles. The van der Waals surface area contributed by atoms with Crippen LogP contribution < -0.4 is 5.73 Å². The molecule has 4 aromatic rings. The van der Waals surface area contributed by atoms with E-state index in [1.165, 1.54) is 24.7 Å². The predicted octanol–water partition coefficient (Wildman–Crippen LogP) is 5.71. The molecule has 2 heterocycles. The van der Waals surface area contributed by atoms with Crippen LogP contribution in [0.5, 0.6) is 0 Å². The molecule has 0 bridgehead atoms. The van der Waals surface area contributed by atoms with Gasteiger partial charge < -0.3 is 14.8 Å². The molecule has 0 unspecified atom stereocenters. The summed E-state index contributed by atoms with van der Waals surface area (Å²) < 4.78 is 60.8. The second kappa shape index (κ2) is 8.77. The van der Waals surface area contributed by atoms with E-state index in [9.17, 15) is 22.4 Å². The SMILES string of the molecule is CCCc1c(-n2cnc(-c3c(-c4ccc(F)cc4)noc3C(F)(F)F)c2)ccc(C(N)=O)c1C. The van der Waals surface area contributed by atoms with Crippen LogP contribution in [0.4, 0.5) is 17.6 Å². The number of nitrogens with two attached hydrogens (primary N) is 1. The molecular formula is C24H20F4N4O2. The van der Waals surface area contributed by atoms with Gasteiger partial charge in [-0.05, 0) is 60.9 Å². The summed E-state index contributed by atoms with van der Waals surface area (Å²) in [4.78, 5) is 16.0. The van der Waals surface area contributed by atoms with E-state index < -0.39 is 23.7 Å². The Hall–Kier alpha value is -3.95. The van der Waals surface area contributed by atoms with Crippen molar-refractivity contribution in [3.05, 3.63) is 77.2 Å². The van der Waals surface area contributed by atoms with Crippen molar-refractivity contribution in [1.82, 2.24) is 14.7 Å². The maximum Gasteiger partial charge on any atom is 0.453 e. The Morgan fingerprint density at radius 2 is 1.85 bits per heavy atom. The highest BCUT2D eigenvalue weighted by atomic mass is 19.4. The number of rotatable bonds is 6. The summed E-state index contributed by atoms with van der Waals surface area (Å²) in [5.41, 5.74) is 7.83. The van der Waals surface area contributed by atoms with Gasteiger partial charge in [0.25, 0.3) is 0 Å². The molecule has 1 amide bonds. The van der Waals surface area contributed by atoms with Gasteiger partial charge in [0.05, 0.1) is 17.6 Å². The number of amides is 1. The largest absolute Gasteiger partial charge is 0.453 e. The Labute approximate surface area is 192 Å². The minimum atomic E-state index is -4.82. The first-order chi connectivity index (χ1) is 16.1. The average Bonchev–Trinajstić information content (AvgIpc) is 3.42. The lowest BCUT2D eigenvalue weighted by molar-refractivity contribution is -0.154. The zero-order valence-electron chi connectivity index (χ0n) is 18.3. The molecule has 0 fully saturated rings. The number of halogens is 4. The van der Waals surface area contributed by atoms with Crippen molar-refractivity contribution in [3.63, 3.8) is 0 Å². The average molecular weight is 472 g/mol. The number of hydrogen-bond donors (Lipinski definition) is 1. The van der Waals surface area contributed by atoms with Crippen LogP contribution >= 0.6 is 0 Å². The van der Waals surface area contributed by atoms with Crippen molar-refractivity contribution in [2.75, 3.05) is 0 Å². The number of primary amides is 1. The van der Waals surface area contributed by atoms with Crippen molar-refractivity contribution < 1.29 is 26.9 Å². The van der Waals surface area contributed by atoms with Crippen LogP contribution in [-0.2, 0) is 12.6 Å². The molecule has 0 spiro atoms. The minimum absolute atomic E-state index is 0.0213. The number of nitrogens with zero attached hydrogens (tertiary/aromatic N) is 3. The molecule has 2 N–H and O–H groups in total. The van der Waals surface area contributed by atoms with E-state index >= 15 is 0 Å². The molecule has 6 nitrogen and oxygen atoms in total. The summed E-state index contributed by atoms with van der Waals surface area (Å²) in [5.74, 6) is -2.39. The van der Waals surface area contributed by atoms with Crippen LogP contribution in [-0.4, -0.2) is 20.6 Å². The second-order valence-electron chi connectivity index (χ2n) is 7.76. The molecule has 0 saturated heterocycles. The normalized spacial score (nSPS) is 11.7. The van der Waals surface area contributed by atoms with Gasteiger partial charge >= 0.3 is 6.18 Å². The van der Waals surface area contributed by atoms with Gasteiger partial charge in [0.1, 0.15) is 11.5 Å². The monoisotopic (exact) mass is 472 g/mol. The molecule has 4 rings (SSSR count). The van der Waals surface area contributed by atoms with Crippen molar-refractivity contribution in [2.24, 2.45) is 5.73 Å². The topological polar surface area (TPSA) is 86.9 Å². The number of imidazole rings is 1. The highest BCUT2D eigenvalue weighted by Crippen LogP contribution is 2.42. The third kappa shape index (κ3) is 4.18. The van der Waals surface area contributed by atoms with Crippen LogP contribution in [0.3, 0.4) is 0 Å². The van der Waals surface area contributed by atoms with E-state index in [1.54, 1.807) is 23.6 Å². The van der Waals surface area contributed by atoms with E-state index in [4.69, 9.17) is 5.73 Å². The summed E-state index contributed by atoms with van der Waals surface area (Å²) in [6.07, 6.45) is -0.604. The fourth-order valence-electron chi connectivity index (χ4n) is 3.93. The van der Waals surface area contributed by atoms with Crippen LogP contribution in [0.15, 0.2) is 53.4 Å². The highest BCUT2D eigenvalue weighted by Gasteiger charge is 2.41. The smallest absolute Gasteiger partial charge is 0.366 e. The van der Waals surface area contributed by atoms with Gasteiger partial charge in [-0.1, -0.05) is 18.5 Å². The Bertz CT molecular complexity index is 1350. The number of benzene rings is 2. The quantitative estimate of drug-likeness (QED) is 0.364. The van der Waals surface area contributed by atoms with E-state index in [1.807, 2.05) is 6.92 Å². The number of alkyl halides is 3. The van der Waals surface area contributed by atoms with E-state index in [-0.39, 0.29) is 22.5 Å². The van der Waals surface area contributed by atoms with Crippen LogP contribution in [0.2, 0.25) is 0 Å². The first kappa shape index (κ1) is 23.2. The molecule has 0 aliphatic rings. The van der Waals surface area contributed by atoms with Crippen molar-refractivity contribution in [1.29, 1.82) is 0 Å². The third-order valence-corrected chi connectivity index (χ3v) is 5.52. The summed E-state index contributed by atoms with van der Waals surface area (Å²) >= 11 is 0. The van der Waals surface area contributed by atoms with Gasteiger partial charge in [-0.25, -0.2) is 9.37 Å². The molecule has 0 atom stereocenters. The maximum absolute atomic E-state index is 13.7. The molecule has 0 radical (unpaired) electrons. The zero-order chi connectivity index (χ0) is 24.6. The first-order valence-corrected chi connectivity index (χ1v) is 10.4. The summed E-state index contributed by atoms with van der Waals surface area (Å²) in [6.45, 7) is 3.75. The van der Waals surface area contributed by atoms with Crippen LogP contribution in [0.1, 0.15) is 40.6 Å².